The molecule has 1 aromatic carbocycles. The number of amides is 1. The lowest BCUT2D eigenvalue weighted by Crippen LogP contribution is -2.28. The molecule has 1 aliphatic heterocycles. The number of ether oxygens (including phenoxy) is 1. The highest BCUT2D eigenvalue weighted by Crippen LogP contribution is 2.43. The van der Waals surface area contributed by atoms with Crippen LogP contribution in [0, 0.1) is 0 Å². The zero-order valence-electron chi connectivity index (χ0n) is 12.9. The van der Waals surface area contributed by atoms with Crippen LogP contribution in [0.2, 0.25) is 0 Å². The highest BCUT2D eigenvalue weighted by Gasteiger charge is 2.32. The van der Waals surface area contributed by atoms with E-state index in [1.807, 2.05) is 13.8 Å². The predicted octanol–water partition coefficient (Wildman–Crippen LogP) is 4.24. The van der Waals surface area contributed by atoms with Crippen LogP contribution in [-0.4, -0.2) is 41.3 Å². The summed E-state index contributed by atoms with van der Waals surface area (Å²) in [7, 11) is 1.48. The first-order chi connectivity index (χ1) is 10.9. The molecule has 0 aliphatic carbocycles. The van der Waals surface area contributed by atoms with Crippen molar-refractivity contribution in [1.82, 2.24) is 4.90 Å². The Morgan fingerprint density at radius 1 is 1.39 bits per heavy atom. The SMILES string of the molecule is CCN=C1S/C(=C/c2cc(OC)c(O)c(Br)c2Br)C(=O)N1CC. The van der Waals surface area contributed by atoms with Crippen LogP contribution in [0.25, 0.3) is 6.08 Å². The highest BCUT2D eigenvalue weighted by molar-refractivity contribution is 9.13. The minimum atomic E-state index is -0.0697. The smallest absolute Gasteiger partial charge is 0.266 e. The van der Waals surface area contributed by atoms with Gasteiger partial charge in [-0.3, -0.25) is 14.7 Å². The first kappa shape index (κ1) is 18.4. The van der Waals surface area contributed by atoms with Gasteiger partial charge in [-0.2, -0.15) is 0 Å². The summed E-state index contributed by atoms with van der Waals surface area (Å²) in [5.74, 6) is 0.271. The van der Waals surface area contributed by atoms with Crippen LogP contribution in [0.1, 0.15) is 19.4 Å². The van der Waals surface area contributed by atoms with Gasteiger partial charge in [0, 0.05) is 17.6 Å². The van der Waals surface area contributed by atoms with Crippen molar-refractivity contribution < 1.29 is 14.6 Å². The summed E-state index contributed by atoms with van der Waals surface area (Å²) < 4.78 is 6.29. The van der Waals surface area contributed by atoms with Gasteiger partial charge in [-0.15, -0.1) is 0 Å². The second-order valence-corrected chi connectivity index (χ2v) is 7.16. The quantitative estimate of drug-likeness (QED) is 0.678. The molecule has 0 saturated carbocycles. The summed E-state index contributed by atoms with van der Waals surface area (Å²) in [5.41, 5.74) is 0.733. The van der Waals surface area contributed by atoms with Crippen LogP contribution < -0.4 is 4.74 Å². The van der Waals surface area contributed by atoms with Gasteiger partial charge in [-0.05, 0) is 75.2 Å². The Morgan fingerprint density at radius 2 is 2.09 bits per heavy atom. The number of carbonyl (C=O) groups is 1. The van der Waals surface area contributed by atoms with Gasteiger partial charge in [0.05, 0.1) is 16.5 Å². The molecule has 0 aromatic heterocycles. The van der Waals surface area contributed by atoms with Gasteiger partial charge in [0.25, 0.3) is 5.91 Å². The van der Waals surface area contributed by atoms with E-state index in [1.165, 1.54) is 18.9 Å². The summed E-state index contributed by atoms with van der Waals surface area (Å²) in [6, 6.07) is 1.68. The maximum absolute atomic E-state index is 12.5. The third-order valence-corrected chi connectivity index (χ3v) is 6.38. The molecule has 8 heteroatoms. The molecular weight excluding hydrogens is 448 g/mol. The third-order valence-electron chi connectivity index (χ3n) is 3.18. The third kappa shape index (κ3) is 3.59. The largest absolute Gasteiger partial charge is 0.503 e. The molecule has 23 heavy (non-hydrogen) atoms. The van der Waals surface area contributed by atoms with E-state index in [-0.39, 0.29) is 11.7 Å². The van der Waals surface area contributed by atoms with E-state index in [9.17, 15) is 9.90 Å². The number of benzene rings is 1. The highest BCUT2D eigenvalue weighted by atomic mass is 79.9. The van der Waals surface area contributed by atoms with Crippen LogP contribution in [0.4, 0.5) is 0 Å². The summed E-state index contributed by atoms with van der Waals surface area (Å²) >= 11 is 8.10. The number of rotatable bonds is 4. The lowest BCUT2D eigenvalue weighted by molar-refractivity contribution is -0.122. The maximum Gasteiger partial charge on any atom is 0.266 e. The number of nitrogens with zero attached hydrogens (tertiary/aromatic N) is 2. The van der Waals surface area contributed by atoms with Gasteiger partial charge in [-0.25, -0.2) is 0 Å². The molecule has 1 heterocycles. The van der Waals surface area contributed by atoms with Crippen molar-refractivity contribution >= 4 is 60.8 Å². The number of phenolic OH excluding ortho intramolecular Hbond substituents is 1. The molecular formula is C15H16Br2N2O3S. The van der Waals surface area contributed by atoms with Crippen LogP contribution in [0.15, 0.2) is 24.9 Å². The first-order valence-electron chi connectivity index (χ1n) is 6.95. The Labute approximate surface area is 156 Å². The minimum Gasteiger partial charge on any atom is -0.503 e. The average Bonchev–Trinajstić information content (AvgIpc) is 2.83. The fourth-order valence-electron chi connectivity index (χ4n) is 2.05. The van der Waals surface area contributed by atoms with Crippen LogP contribution in [0.3, 0.4) is 0 Å². The van der Waals surface area contributed by atoms with Crippen molar-refractivity contribution in [2.75, 3.05) is 20.2 Å². The molecule has 5 nitrogen and oxygen atoms in total. The Morgan fingerprint density at radius 3 is 2.65 bits per heavy atom. The van der Waals surface area contributed by atoms with Gasteiger partial charge in [-0.1, -0.05) is 0 Å². The van der Waals surface area contributed by atoms with E-state index in [1.54, 1.807) is 17.0 Å². The number of aromatic hydroxyl groups is 1. The summed E-state index contributed by atoms with van der Waals surface area (Å²) in [6.45, 7) is 5.06. The average molecular weight is 464 g/mol. The number of hydrogen-bond acceptors (Lipinski definition) is 5. The van der Waals surface area contributed by atoms with Crippen LogP contribution in [-0.2, 0) is 4.79 Å². The fourth-order valence-corrected chi connectivity index (χ4v) is 3.99. The zero-order valence-corrected chi connectivity index (χ0v) is 16.9. The number of methoxy groups -OCH3 is 1. The standard InChI is InChI=1S/C15H16Br2N2O3S/c1-4-18-15-19(5-2)14(21)10(23-15)7-8-6-9(22-3)13(20)12(17)11(8)16/h6-7,20H,4-5H2,1-3H3/b10-7+,18-15?. The Bertz CT molecular complexity index is 704. The van der Waals surface area contributed by atoms with Crippen molar-refractivity contribution in [3.63, 3.8) is 0 Å². The lowest BCUT2D eigenvalue weighted by atomic mass is 10.2. The predicted molar refractivity (Wildman–Crippen MR) is 101 cm³/mol. The number of thioether (sulfide) groups is 1. The van der Waals surface area contributed by atoms with Gasteiger partial charge in [0.1, 0.15) is 0 Å². The molecule has 0 atom stereocenters. The number of amidine groups is 1. The number of phenols is 1. The Kier molecular flexibility index (Phi) is 6.16. The van der Waals surface area contributed by atoms with Gasteiger partial charge in [0.15, 0.2) is 16.7 Å². The van der Waals surface area contributed by atoms with E-state index in [0.29, 0.717) is 37.9 Å². The van der Waals surface area contributed by atoms with Crippen LogP contribution in [0.5, 0.6) is 11.5 Å². The van der Waals surface area contributed by atoms with Gasteiger partial charge in [0.2, 0.25) is 0 Å². The Balaban J connectivity index is 2.49. The second-order valence-electron chi connectivity index (χ2n) is 4.56. The monoisotopic (exact) mass is 462 g/mol. The zero-order chi connectivity index (χ0) is 17.1. The topological polar surface area (TPSA) is 62.1 Å². The van der Waals surface area contributed by atoms with Crippen molar-refractivity contribution in [2.24, 2.45) is 4.99 Å². The summed E-state index contributed by atoms with van der Waals surface area (Å²) in [4.78, 5) is 19.1. The molecule has 1 aromatic rings. The molecule has 0 spiro atoms. The molecule has 1 amide bonds. The fraction of sp³-hybridized carbons (Fsp3) is 0.333. The maximum atomic E-state index is 12.5. The van der Waals surface area contributed by atoms with E-state index in [2.05, 4.69) is 36.9 Å². The first-order valence-corrected chi connectivity index (χ1v) is 9.35. The van der Waals surface area contributed by atoms with Gasteiger partial charge >= 0.3 is 0 Å². The molecule has 0 bridgehead atoms. The summed E-state index contributed by atoms with van der Waals surface area (Å²) in [5, 5.41) is 10.7. The van der Waals surface area contributed by atoms with Crippen molar-refractivity contribution in [3.05, 3.63) is 25.5 Å². The molecule has 1 aliphatic rings. The van der Waals surface area contributed by atoms with Crippen molar-refractivity contribution in [1.29, 1.82) is 0 Å². The molecule has 1 fully saturated rings. The van der Waals surface area contributed by atoms with Crippen molar-refractivity contribution in [2.45, 2.75) is 13.8 Å². The number of carbonyl (C=O) groups excluding carboxylic acids is 1. The minimum absolute atomic E-state index is 0.00958. The molecule has 0 unspecified atom stereocenters. The lowest BCUT2D eigenvalue weighted by Gasteiger charge is -2.11. The summed E-state index contributed by atoms with van der Waals surface area (Å²) in [6.07, 6.45) is 1.77. The number of likely N-dealkylation sites (N-methyl/N-ethyl adjacent to an activating group) is 1. The van der Waals surface area contributed by atoms with E-state index >= 15 is 0 Å². The molecule has 1 N–H and O–H groups in total. The number of hydrogen-bond donors (Lipinski definition) is 1. The number of aliphatic imine (C=N–C) groups is 1. The van der Waals surface area contributed by atoms with E-state index in [4.69, 9.17) is 4.74 Å². The van der Waals surface area contributed by atoms with Crippen LogP contribution >= 0.6 is 43.6 Å². The second kappa shape index (κ2) is 7.72. The molecule has 0 radical (unpaired) electrons. The normalized spacial score (nSPS) is 18.3. The molecule has 1 saturated heterocycles. The Hall–Kier alpha value is -0.990. The van der Waals surface area contributed by atoms with E-state index in [0.717, 1.165) is 5.56 Å². The molecule has 124 valence electrons. The van der Waals surface area contributed by atoms with E-state index < -0.39 is 0 Å². The van der Waals surface area contributed by atoms with Crippen molar-refractivity contribution in [3.8, 4) is 11.5 Å². The number of halogens is 2. The molecule has 2 rings (SSSR count). The van der Waals surface area contributed by atoms with Gasteiger partial charge < -0.3 is 9.84 Å².